The first kappa shape index (κ1) is 27.1. The zero-order valence-corrected chi connectivity index (χ0v) is 22.9. The van der Waals surface area contributed by atoms with Crippen LogP contribution in [0.1, 0.15) is 60.4 Å². The second-order valence-electron chi connectivity index (χ2n) is 11.3. The lowest BCUT2D eigenvalue weighted by atomic mass is 9.79. The summed E-state index contributed by atoms with van der Waals surface area (Å²) in [5.41, 5.74) is 7.04. The lowest BCUT2D eigenvalue weighted by Gasteiger charge is -2.20. The summed E-state index contributed by atoms with van der Waals surface area (Å²) in [6.45, 7) is 0.579. The van der Waals surface area contributed by atoms with Gasteiger partial charge >= 0.3 is 5.97 Å². The minimum atomic E-state index is -0.640. The van der Waals surface area contributed by atoms with E-state index in [1.807, 2.05) is 60.7 Å². The van der Waals surface area contributed by atoms with Crippen LogP contribution in [-0.4, -0.2) is 35.9 Å². The number of benzene rings is 2. The molecule has 0 bridgehead atoms. The molecule has 1 fully saturated rings. The standard InChI is InChI=1S/C32H35N5O4/c38-28(20-34-27(21-7-2-1-3-8-21)14-16-35-41-30(39)22-9-4-5-10-22)36-25-13-12-23-18-32(19-24(23)17-25)26-11-6-15-33-29(26)37-31(32)40/h1-3,6-8,11-13,15,17,22,27,34-35H,4-5,9-10,14,16,18-20H2,(H,36,38)(H,33,37,40)/t27-,32+/m0/s1. The van der Waals surface area contributed by atoms with Crippen molar-refractivity contribution >= 4 is 29.3 Å². The van der Waals surface area contributed by atoms with Gasteiger partial charge in [-0.3, -0.25) is 14.4 Å². The van der Waals surface area contributed by atoms with E-state index in [9.17, 15) is 14.4 Å². The molecule has 2 atom stereocenters. The van der Waals surface area contributed by atoms with E-state index in [0.29, 0.717) is 37.3 Å². The van der Waals surface area contributed by atoms with Gasteiger partial charge < -0.3 is 20.8 Å². The maximum absolute atomic E-state index is 13.0. The molecule has 0 radical (unpaired) electrons. The highest BCUT2D eigenvalue weighted by Gasteiger charge is 2.51. The number of nitrogens with zero attached hydrogens (tertiary/aromatic N) is 1. The molecule has 9 heteroatoms. The molecule has 2 aromatic carbocycles. The summed E-state index contributed by atoms with van der Waals surface area (Å²) in [6.07, 6.45) is 7.47. The summed E-state index contributed by atoms with van der Waals surface area (Å²) in [5.74, 6) is 0.280. The van der Waals surface area contributed by atoms with Crippen molar-refractivity contribution in [3.8, 4) is 0 Å². The summed E-state index contributed by atoms with van der Waals surface area (Å²) in [6, 6.07) is 19.5. The van der Waals surface area contributed by atoms with Crippen LogP contribution in [0.5, 0.6) is 0 Å². The number of fused-ring (bicyclic) bond motifs is 3. The fourth-order valence-electron chi connectivity index (χ4n) is 6.41. The summed E-state index contributed by atoms with van der Waals surface area (Å²) in [7, 11) is 0. The molecule has 0 saturated heterocycles. The Morgan fingerprint density at radius 2 is 1.83 bits per heavy atom. The van der Waals surface area contributed by atoms with E-state index in [4.69, 9.17) is 4.84 Å². The number of nitrogens with one attached hydrogen (secondary N) is 4. The number of pyridine rings is 1. The molecule has 0 unspecified atom stereocenters. The quantitative estimate of drug-likeness (QED) is 0.221. The van der Waals surface area contributed by atoms with E-state index in [2.05, 4.69) is 26.4 Å². The Bertz CT molecular complexity index is 1440. The number of hydroxylamine groups is 1. The lowest BCUT2D eigenvalue weighted by molar-refractivity contribution is -0.156. The third-order valence-corrected chi connectivity index (χ3v) is 8.57. The molecule has 1 aliphatic heterocycles. The molecule has 212 valence electrons. The van der Waals surface area contributed by atoms with Crippen molar-refractivity contribution in [2.45, 2.75) is 56.4 Å². The van der Waals surface area contributed by atoms with Gasteiger partial charge in [-0.05, 0) is 67.0 Å². The second kappa shape index (κ2) is 11.8. The van der Waals surface area contributed by atoms with E-state index in [0.717, 1.165) is 47.9 Å². The van der Waals surface area contributed by atoms with Gasteiger partial charge in [-0.15, -0.1) is 0 Å². The molecular formula is C32H35N5O4. The van der Waals surface area contributed by atoms with Crippen LogP contribution in [0.3, 0.4) is 0 Å². The van der Waals surface area contributed by atoms with Crippen LogP contribution in [0.15, 0.2) is 66.9 Å². The summed E-state index contributed by atoms with van der Waals surface area (Å²) in [4.78, 5) is 47.7. The minimum absolute atomic E-state index is 0.00197. The van der Waals surface area contributed by atoms with Gasteiger partial charge in [0.15, 0.2) is 0 Å². The molecule has 6 rings (SSSR count). The first-order chi connectivity index (χ1) is 20.0. The normalized spacial score (nSPS) is 20.0. The van der Waals surface area contributed by atoms with Gasteiger partial charge in [-0.2, -0.15) is 5.48 Å². The summed E-state index contributed by atoms with van der Waals surface area (Å²) < 4.78 is 0. The minimum Gasteiger partial charge on any atom is -0.370 e. The highest BCUT2D eigenvalue weighted by molar-refractivity contribution is 6.06. The maximum atomic E-state index is 13.0. The Kier molecular flexibility index (Phi) is 7.80. The number of aromatic nitrogens is 1. The van der Waals surface area contributed by atoms with Crippen LogP contribution in [-0.2, 0) is 37.5 Å². The van der Waals surface area contributed by atoms with Crippen LogP contribution in [0.4, 0.5) is 11.5 Å². The second-order valence-corrected chi connectivity index (χ2v) is 11.3. The smallest absolute Gasteiger partial charge is 0.327 e. The Labute approximate surface area is 239 Å². The number of anilines is 2. The predicted molar refractivity (Wildman–Crippen MR) is 155 cm³/mol. The van der Waals surface area contributed by atoms with Crippen molar-refractivity contribution < 1.29 is 19.2 Å². The highest BCUT2D eigenvalue weighted by Crippen LogP contribution is 2.46. The van der Waals surface area contributed by atoms with E-state index in [1.165, 1.54) is 0 Å². The fourth-order valence-corrected chi connectivity index (χ4v) is 6.41. The third kappa shape index (κ3) is 5.73. The monoisotopic (exact) mass is 553 g/mol. The lowest BCUT2D eigenvalue weighted by Crippen LogP contribution is -2.35. The molecule has 4 N–H and O–H groups in total. The molecule has 3 aliphatic rings. The molecule has 2 amide bonds. The van der Waals surface area contributed by atoms with Crippen LogP contribution >= 0.6 is 0 Å². The number of carbonyl (C=O) groups is 3. The molecule has 2 heterocycles. The summed E-state index contributed by atoms with van der Waals surface area (Å²) in [5, 5.41) is 9.29. The van der Waals surface area contributed by atoms with Crippen LogP contribution in [0.2, 0.25) is 0 Å². The SMILES string of the molecule is O=C(CN[C@@H](CCNOC(=O)C1CCCC1)c1ccccc1)Nc1ccc2c(c1)C[C@@]1(C2)C(=O)Nc2ncccc21. The number of hydrogen-bond donors (Lipinski definition) is 4. The molecule has 9 nitrogen and oxygen atoms in total. The van der Waals surface area contributed by atoms with Crippen molar-refractivity contribution in [2.24, 2.45) is 5.92 Å². The van der Waals surface area contributed by atoms with Crippen molar-refractivity contribution in [1.29, 1.82) is 0 Å². The fraction of sp³-hybridized carbons (Fsp3) is 0.375. The Morgan fingerprint density at radius 3 is 2.66 bits per heavy atom. The largest absolute Gasteiger partial charge is 0.370 e. The van der Waals surface area contributed by atoms with Crippen molar-refractivity contribution in [3.05, 3.63) is 89.1 Å². The molecular weight excluding hydrogens is 518 g/mol. The molecule has 1 spiro atoms. The van der Waals surface area contributed by atoms with E-state index in [-0.39, 0.29) is 36.3 Å². The van der Waals surface area contributed by atoms with Gasteiger partial charge in [-0.25, -0.2) is 4.98 Å². The Morgan fingerprint density at radius 1 is 1.02 bits per heavy atom. The zero-order valence-electron chi connectivity index (χ0n) is 22.9. The first-order valence-corrected chi connectivity index (χ1v) is 14.4. The third-order valence-electron chi connectivity index (χ3n) is 8.57. The van der Waals surface area contributed by atoms with Crippen LogP contribution < -0.4 is 21.4 Å². The molecule has 2 aliphatic carbocycles. The van der Waals surface area contributed by atoms with E-state index in [1.54, 1.807) is 6.20 Å². The Balaban J connectivity index is 1.04. The highest BCUT2D eigenvalue weighted by atomic mass is 16.7. The zero-order chi connectivity index (χ0) is 28.2. The topological polar surface area (TPSA) is 121 Å². The molecule has 1 aromatic heterocycles. The van der Waals surface area contributed by atoms with E-state index < -0.39 is 5.41 Å². The van der Waals surface area contributed by atoms with E-state index >= 15 is 0 Å². The molecule has 41 heavy (non-hydrogen) atoms. The average molecular weight is 554 g/mol. The van der Waals surface area contributed by atoms with Crippen LogP contribution in [0.25, 0.3) is 0 Å². The number of carbonyl (C=O) groups excluding carboxylic acids is 3. The predicted octanol–water partition coefficient (Wildman–Crippen LogP) is 3.97. The van der Waals surface area contributed by atoms with Gasteiger partial charge in [0.05, 0.1) is 17.9 Å². The van der Waals surface area contributed by atoms with Crippen molar-refractivity contribution in [1.82, 2.24) is 15.8 Å². The van der Waals surface area contributed by atoms with Crippen LogP contribution in [0, 0.1) is 5.92 Å². The van der Waals surface area contributed by atoms with Gasteiger partial charge in [0.25, 0.3) is 0 Å². The van der Waals surface area contributed by atoms with Crippen molar-refractivity contribution in [2.75, 3.05) is 23.7 Å². The van der Waals surface area contributed by atoms with Gasteiger partial charge in [0.1, 0.15) is 5.82 Å². The van der Waals surface area contributed by atoms with Gasteiger partial charge in [0, 0.05) is 30.0 Å². The first-order valence-electron chi connectivity index (χ1n) is 14.4. The maximum Gasteiger partial charge on any atom is 0.327 e. The van der Waals surface area contributed by atoms with Crippen molar-refractivity contribution in [3.63, 3.8) is 0 Å². The Hall–Kier alpha value is -4.08. The van der Waals surface area contributed by atoms with Gasteiger partial charge in [0.2, 0.25) is 11.8 Å². The summed E-state index contributed by atoms with van der Waals surface area (Å²) >= 11 is 0. The number of hydrogen-bond acceptors (Lipinski definition) is 7. The average Bonchev–Trinajstić information content (AvgIpc) is 3.72. The molecule has 3 aromatic rings. The van der Waals surface area contributed by atoms with Gasteiger partial charge in [-0.1, -0.05) is 55.3 Å². The number of amides is 2. The molecule has 1 saturated carbocycles. The number of rotatable bonds is 10.